The Morgan fingerprint density at radius 1 is 1.27 bits per heavy atom. The minimum atomic E-state index is -2.96. The van der Waals surface area contributed by atoms with Crippen LogP contribution in [0.2, 0.25) is 0 Å². The molecule has 1 fully saturated rings. The van der Waals surface area contributed by atoms with Crippen molar-refractivity contribution in [3.05, 3.63) is 41.5 Å². The fraction of sp³-hybridized carbons (Fsp3) is 0.471. The third-order valence-electron chi connectivity index (χ3n) is 4.26. The molecular weight excluding hydrogens is 344 g/mol. The predicted molar refractivity (Wildman–Crippen MR) is 90.0 cm³/mol. The second kappa shape index (κ2) is 8.22. The van der Waals surface area contributed by atoms with Crippen LogP contribution in [-0.4, -0.2) is 63.7 Å². The van der Waals surface area contributed by atoms with Crippen molar-refractivity contribution in [2.45, 2.75) is 26.5 Å². The molecular formula is C17H21F2N5O2. The van der Waals surface area contributed by atoms with Gasteiger partial charge < -0.3 is 9.64 Å². The van der Waals surface area contributed by atoms with Crippen LogP contribution in [0.1, 0.15) is 28.9 Å². The van der Waals surface area contributed by atoms with Gasteiger partial charge in [0, 0.05) is 32.6 Å². The summed E-state index contributed by atoms with van der Waals surface area (Å²) in [5.74, 6) is 1.19. The zero-order chi connectivity index (χ0) is 18.5. The number of aromatic nitrogens is 3. The smallest absolute Gasteiger partial charge is 0.387 e. The van der Waals surface area contributed by atoms with Gasteiger partial charge in [0.1, 0.15) is 17.4 Å². The van der Waals surface area contributed by atoms with E-state index in [-0.39, 0.29) is 17.2 Å². The van der Waals surface area contributed by atoms with Crippen molar-refractivity contribution < 1.29 is 18.3 Å². The van der Waals surface area contributed by atoms with E-state index in [2.05, 4.69) is 24.8 Å². The lowest BCUT2D eigenvalue weighted by Crippen LogP contribution is -2.48. The van der Waals surface area contributed by atoms with E-state index in [1.807, 2.05) is 6.92 Å². The number of alkyl halides is 2. The third kappa shape index (κ3) is 4.34. The summed E-state index contributed by atoms with van der Waals surface area (Å²) in [5, 5.41) is 7.03. The van der Waals surface area contributed by atoms with Gasteiger partial charge in [0.05, 0.1) is 12.1 Å². The van der Waals surface area contributed by atoms with Crippen molar-refractivity contribution >= 4 is 5.91 Å². The number of aromatic amines is 1. The van der Waals surface area contributed by atoms with Crippen LogP contribution in [0.5, 0.6) is 5.75 Å². The summed E-state index contributed by atoms with van der Waals surface area (Å²) in [5.41, 5.74) is 0.157. The molecule has 7 nitrogen and oxygen atoms in total. The molecule has 26 heavy (non-hydrogen) atoms. The minimum absolute atomic E-state index is 0.0938. The molecule has 9 heteroatoms. The summed E-state index contributed by atoms with van der Waals surface area (Å²) in [4.78, 5) is 20.9. The van der Waals surface area contributed by atoms with Gasteiger partial charge in [0.15, 0.2) is 0 Å². The standard InChI is InChI=1S/C17H21F2N5O2/c1-2-14-20-15(22-21-14)11-23-7-9-24(10-8-23)16(25)12-5-3-4-6-13(12)26-17(18)19/h3-6,17H,2,7-11H2,1H3,(H,20,21,22). The molecule has 0 atom stereocenters. The van der Waals surface area contributed by atoms with Crippen molar-refractivity contribution in [2.75, 3.05) is 26.2 Å². The Balaban J connectivity index is 1.58. The number of hydrogen-bond acceptors (Lipinski definition) is 5. The van der Waals surface area contributed by atoms with Crippen LogP contribution in [0.25, 0.3) is 0 Å². The summed E-state index contributed by atoms with van der Waals surface area (Å²) >= 11 is 0. The van der Waals surface area contributed by atoms with Crippen LogP contribution in [0, 0.1) is 0 Å². The van der Waals surface area contributed by atoms with Crippen molar-refractivity contribution in [3.8, 4) is 5.75 Å². The van der Waals surface area contributed by atoms with Crippen LogP contribution >= 0.6 is 0 Å². The Labute approximate surface area is 150 Å². The lowest BCUT2D eigenvalue weighted by Gasteiger charge is -2.34. The summed E-state index contributed by atoms with van der Waals surface area (Å²) in [7, 11) is 0. The highest BCUT2D eigenvalue weighted by Crippen LogP contribution is 2.22. The Morgan fingerprint density at radius 3 is 2.65 bits per heavy atom. The SMILES string of the molecule is CCc1n[nH]c(CN2CCN(C(=O)c3ccccc3OC(F)F)CC2)n1. The van der Waals surface area contributed by atoms with Gasteiger partial charge in [-0.15, -0.1) is 0 Å². The highest BCUT2D eigenvalue weighted by molar-refractivity contribution is 5.97. The number of carbonyl (C=O) groups excluding carboxylic acids is 1. The summed E-state index contributed by atoms with van der Waals surface area (Å²) in [6.07, 6.45) is 0.777. The molecule has 1 amide bonds. The Bertz CT molecular complexity index is 744. The number of H-pyrrole nitrogens is 1. The number of aryl methyl sites for hydroxylation is 1. The van der Waals surface area contributed by atoms with Crippen LogP contribution in [0.15, 0.2) is 24.3 Å². The quantitative estimate of drug-likeness (QED) is 0.847. The average molecular weight is 365 g/mol. The highest BCUT2D eigenvalue weighted by Gasteiger charge is 2.25. The number of hydrogen-bond donors (Lipinski definition) is 1. The van der Waals surface area contributed by atoms with Gasteiger partial charge in [-0.1, -0.05) is 19.1 Å². The number of carbonyl (C=O) groups is 1. The van der Waals surface area contributed by atoms with Gasteiger partial charge >= 0.3 is 6.61 Å². The van der Waals surface area contributed by atoms with Gasteiger partial charge in [0.2, 0.25) is 0 Å². The number of benzene rings is 1. The van der Waals surface area contributed by atoms with Gasteiger partial charge in [-0.05, 0) is 12.1 Å². The van der Waals surface area contributed by atoms with E-state index in [0.29, 0.717) is 32.7 Å². The molecule has 0 bridgehead atoms. The van der Waals surface area contributed by atoms with E-state index < -0.39 is 6.61 Å². The topological polar surface area (TPSA) is 74.4 Å². The molecule has 1 saturated heterocycles. The second-order valence-electron chi connectivity index (χ2n) is 5.99. The highest BCUT2D eigenvalue weighted by atomic mass is 19.3. The Morgan fingerprint density at radius 2 is 2.00 bits per heavy atom. The van der Waals surface area contributed by atoms with E-state index in [4.69, 9.17) is 0 Å². The number of rotatable bonds is 6. The maximum atomic E-state index is 12.7. The minimum Gasteiger partial charge on any atom is -0.434 e. The van der Waals surface area contributed by atoms with E-state index in [1.165, 1.54) is 12.1 Å². The lowest BCUT2D eigenvalue weighted by molar-refractivity contribution is -0.0503. The molecule has 2 heterocycles. The second-order valence-corrected chi connectivity index (χ2v) is 5.99. The monoisotopic (exact) mass is 365 g/mol. The van der Waals surface area contributed by atoms with Crippen molar-refractivity contribution in [3.63, 3.8) is 0 Å². The van der Waals surface area contributed by atoms with E-state index >= 15 is 0 Å². The fourth-order valence-corrected chi connectivity index (χ4v) is 2.90. The predicted octanol–water partition coefficient (Wildman–Crippen LogP) is 1.93. The first-order valence-electron chi connectivity index (χ1n) is 8.52. The fourth-order valence-electron chi connectivity index (χ4n) is 2.90. The lowest BCUT2D eigenvalue weighted by atomic mass is 10.1. The number of amides is 1. The van der Waals surface area contributed by atoms with Crippen LogP contribution in [0.3, 0.4) is 0 Å². The van der Waals surface area contributed by atoms with E-state index in [0.717, 1.165) is 18.1 Å². The average Bonchev–Trinajstić information content (AvgIpc) is 3.09. The number of halogens is 2. The Kier molecular flexibility index (Phi) is 5.77. The molecule has 0 unspecified atom stereocenters. The van der Waals surface area contributed by atoms with Gasteiger partial charge in [-0.2, -0.15) is 13.9 Å². The summed E-state index contributed by atoms with van der Waals surface area (Å²) in [6.45, 7) is 2.04. The zero-order valence-corrected chi connectivity index (χ0v) is 14.5. The van der Waals surface area contributed by atoms with Crippen LogP contribution < -0.4 is 4.74 Å². The van der Waals surface area contributed by atoms with Gasteiger partial charge in [-0.3, -0.25) is 14.8 Å². The van der Waals surface area contributed by atoms with Crippen molar-refractivity contribution in [1.82, 2.24) is 25.0 Å². The molecule has 0 saturated carbocycles. The number of piperazine rings is 1. The molecule has 1 N–H and O–H groups in total. The van der Waals surface area contributed by atoms with Crippen LogP contribution in [-0.2, 0) is 13.0 Å². The maximum absolute atomic E-state index is 12.7. The third-order valence-corrected chi connectivity index (χ3v) is 4.26. The molecule has 0 aliphatic carbocycles. The molecule has 140 valence electrons. The first-order valence-corrected chi connectivity index (χ1v) is 8.52. The first-order chi connectivity index (χ1) is 12.6. The molecule has 1 aromatic carbocycles. The van der Waals surface area contributed by atoms with Crippen molar-refractivity contribution in [2.24, 2.45) is 0 Å². The molecule has 0 radical (unpaired) electrons. The normalized spacial score (nSPS) is 15.5. The molecule has 3 rings (SSSR count). The number of nitrogens with one attached hydrogen (secondary N) is 1. The summed E-state index contributed by atoms with van der Waals surface area (Å²) < 4.78 is 29.5. The molecule has 1 aliphatic rings. The number of para-hydroxylation sites is 1. The largest absolute Gasteiger partial charge is 0.434 e. The molecule has 1 aliphatic heterocycles. The number of ether oxygens (including phenoxy) is 1. The van der Waals surface area contributed by atoms with E-state index in [1.54, 1.807) is 17.0 Å². The molecule has 2 aromatic rings. The van der Waals surface area contributed by atoms with Crippen molar-refractivity contribution in [1.29, 1.82) is 0 Å². The number of nitrogens with zero attached hydrogens (tertiary/aromatic N) is 4. The molecule has 1 aromatic heterocycles. The molecule has 0 spiro atoms. The summed E-state index contributed by atoms with van der Waals surface area (Å²) in [6, 6.07) is 6.09. The van der Waals surface area contributed by atoms with E-state index in [9.17, 15) is 13.6 Å². The first kappa shape index (κ1) is 18.2. The van der Waals surface area contributed by atoms with Crippen LogP contribution in [0.4, 0.5) is 8.78 Å². The Hall–Kier alpha value is -2.55. The van der Waals surface area contributed by atoms with Gasteiger partial charge in [-0.25, -0.2) is 4.98 Å². The zero-order valence-electron chi connectivity index (χ0n) is 14.5. The maximum Gasteiger partial charge on any atom is 0.387 e. The van der Waals surface area contributed by atoms with Gasteiger partial charge in [0.25, 0.3) is 5.91 Å².